The summed E-state index contributed by atoms with van der Waals surface area (Å²) in [4.78, 5) is 4.97. The average Bonchev–Trinajstić information content (AvgIpc) is 2.74. The van der Waals surface area contributed by atoms with E-state index in [0.717, 1.165) is 4.88 Å². The molecule has 92 valence electrons. The molecule has 0 spiro atoms. The number of rotatable bonds is 3. The smallest absolute Gasteiger partial charge is 0.255 e. The van der Waals surface area contributed by atoms with E-state index in [1.807, 2.05) is 13.0 Å². The van der Waals surface area contributed by atoms with Gasteiger partial charge in [0.2, 0.25) is 0 Å². The number of thiazole rings is 1. The standard InChI is InChI=1S/C11H9N3O2S2/c1-8-7-13-11(17-8)14-18(15,16)10-4-2-9(6-12)3-5-10/h2-5,7H,1H3,(H,13,14). The van der Waals surface area contributed by atoms with Crippen LogP contribution in [-0.2, 0) is 10.0 Å². The molecule has 1 aromatic heterocycles. The SMILES string of the molecule is Cc1cnc(NS(=O)(=O)c2ccc(C#N)cc2)s1. The van der Waals surface area contributed by atoms with Crippen molar-refractivity contribution in [2.45, 2.75) is 11.8 Å². The third-order valence-corrected chi connectivity index (χ3v) is 4.45. The second-order valence-corrected chi connectivity index (χ2v) is 6.43. The third-order valence-electron chi connectivity index (χ3n) is 2.14. The van der Waals surface area contributed by atoms with Crippen LogP contribution in [0.25, 0.3) is 0 Å². The molecule has 1 aromatic carbocycles. The molecular formula is C11H9N3O2S2. The number of anilines is 1. The summed E-state index contributed by atoms with van der Waals surface area (Å²) in [5.74, 6) is 0. The number of sulfonamides is 1. The lowest BCUT2D eigenvalue weighted by Gasteiger charge is -2.04. The monoisotopic (exact) mass is 279 g/mol. The number of benzene rings is 1. The van der Waals surface area contributed by atoms with Crippen molar-refractivity contribution in [2.75, 3.05) is 4.72 Å². The maximum atomic E-state index is 12.0. The van der Waals surface area contributed by atoms with E-state index in [9.17, 15) is 8.42 Å². The van der Waals surface area contributed by atoms with Crippen molar-refractivity contribution in [3.8, 4) is 6.07 Å². The largest absolute Gasteiger partial charge is 0.263 e. The van der Waals surface area contributed by atoms with Gasteiger partial charge in [0.25, 0.3) is 10.0 Å². The van der Waals surface area contributed by atoms with Crippen LogP contribution in [0.1, 0.15) is 10.4 Å². The topological polar surface area (TPSA) is 82.8 Å². The molecule has 2 rings (SSSR count). The highest BCUT2D eigenvalue weighted by Crippen LogP contribution is 2.21. The first-order valence-corrected chi connectivity index (χ1v) is 7.26. The molecule has 5 nitrogen and oxygen atoms in total. The van der Waals surface area contributed by atoms with Crippen LogP contribution in [0.2, 0.25) is 0 Å². The van der Waals surface area contributed by atoms with E-state index in [2.05, 4.69) is 9.71 Å². The van der Waals surface area contributed by atoms with Crippen LogP contribution in [-0.4, -0.2) is 13.4 Å². The number of aromatic nitrogens is 1. The molecule has 7 heteroatoms. The van der Waals surface area contributed by atoms with Crippen LogP contribution in [0.3, 0.4) is 0 Å². The van der Waals surface area contributed by atoms with Gasteiger partial charge in [0.15, 0.2) is 5.13 Å². The van der Waals surface area contributed by atoms with E-state index in [1.165, 1.54) is 35.6 Å². The molecule has 0 aliphatic rings. The molecule has 0 aliphatic heterocycles. The quantitative estimate of drug-likeness (QED) is 0.932. The molecule has 0 saturated carbocycles. The van der Waals surface area contributed by atoms with Crippen molar-refractivity contribution in [1.82, 2.24) is 4.98 Å². The Labute approximate surface area is 109 Å². The summed E-state index contributed by atoms with van der Waals surface area (Å²) >= 11 is 1.26. The van der Waals surface area contributed by atoms with Crippen LogP contribution >= 0.6 is 11.3 Å². The Hall–Kier alpha value is -1.91. The van der Waals surface area contributed by atoms with Crippen LogP contribution in [0.15, 0.2) is 35.4 Å². The molecule has 18 heavy (non-hydrogen) atoms. The summed E-state index contributed by atoms with van der Waals surface area (Å²) in [5, 5.41) is 8.98. The highest BCUT2D eigenvalue weighted by atomic mass is 32.2. The minimum atomic E-state index is -3.64. The number of nitrogens with one attached hydrogen (secondary N) is 1. The Kier molecular flexibility index (Phi) is 3.32. The fourth-order valence-electron chi connectivity index (χ4n) is 1.28. The molecule has 1 heterocycles. The van der Waals surface area contributed by atoms with E-state index in [1.54, 1.807) is 6.20 Å². The first-order valence-electron chi connectivity index (χ1n) is 4.97. The zero-order valence-corrected chi connectivity index (χ0v) is 11.0. The zero-order chi connectivity index (χ0) is 13.2. The number of nitriles is 1. The average molecular weight is 279 g/mol. The Morgan fingerprint density at radius 3 is 2.50 bits per heavy atom. The van der Waals surface area contributed by atoms with Crippen molar-refractivity contribution in [3.05, 3.63) is 40.9 Å². The van der Waals surface area contributed by atoms with Gasteiger partial charge in [-0.3, -0.25) is 4.72 Å². The second kappa shape index (κ2) is 4.76. The second-order valence-electron chi connectivity index (χ2n) is 3.52. The van der Waals surface area contributed by atoms with Gasteiger partial charge in [0, 0.05) is 11.1 Å². The summed E-state index contributed by atoms with van der Waals surface area (Å²) < 4.78 is 26.4. The van der Waals surface area contributed by atoms with Crippen molar-refractivity contribution >= 4 is 26.5 Å². The fraction of sp³-hybridized carbons (Fsp3) is 0.0909. The maximum absolute atomic E-state index is 12.0. The molecule has 0 bridgehead atoms. The van der Waals surface area contributed by atoms with Crippen LogP contribution in [0.5, 0.6) is 0 Å². The van der Waals surface area contributed by atoms with E-state index >= 15 is 0 Å². The lowest BCUT2D eigenvalue weighted by atomic mass is 10.2. The predicted molar refractivity (Wildman–Crippen MR) is 68.8 cm³/mol. The number of aryl methyl sites for hydroxylation is 1. The minimum Gasteiger partial charge on any atom is -0.255 e. The molecule has 0 unspecified atom stereocenters. The number of hydrogen-bond donors (Lipinski definition) is 1. The van der Waals surface area contributed by atoms with Crippen molar-refractivity contribution in [2.24, 2.45) is 0 Å². The highest BCUT2D eigenvalue weighted by Gasteiger charge is 2.15. The van der Waals surface area contributed by atoms with Crippen molar-refractivity contribution < 1.29 is 8.42 Å². The normalized spacial score (nSPS) is 10.9. The van der Waals surface area contributed by atoms with Gasteiger partial charge < -0.3 is 0 Å². The molecule has 0 radical (unpaired) electrons. The van der Waals surface area contributed by atoms with E-state index in [0.29, 0.717) is 10.7 Å². The van der Waals surface area contributed by atoms with Crippen LogP contribution < -0.4 is 4.72 Å². The first-order chi connectivity index (χ1) is 8.51. The van der Waals surface area contributed by atoms with Gasteiger partial charge in [-0.25, -0.2) is 13.4 Å². The van der Waals surface area contributed by atoms with E-state index in [4.69, 9.17) is 5.26 Å². The maximum Gasteiger partial charge on any atom is 0.263 e. The molecule has 2 aromatic rings. The Balaban J connectivity index is 2.28. The highest BCUT2D eigenvalue weighted by molar-refractivity contribution is 7.93. The number of hydrogen-bond acceptors (Lipinski definition) is 5. The predicted octanol–water partition coefficient (Wildman–Crippen LogP) is 2.12. The van der Waals surface area contributed by atoms with Gasteiger partial charge in [-0.2, -0.15) is 5.26 Å². The molecule has 0 saturated heterocycles. The van der Waals surface area contributed by atoms with Crippen molar-refractivity contribution in [1.29, 1.82) is 5.26 Å². The van der Waals surface area contributed by atoms with Crippen molar-refractivity contribution in [3.63, 3.8) is 0 Å². The molecule has 0 fully saturated rings. The van der Waals surface area contributed by atoms with Gasteiger partial charge in [0.1, 0.15) is 0 Å². The van der Waals surface area contributed by atoms with E-state index in [-0.39, 0.29) is 4.90 Å². The Morgan fingerprint density at radius 2 is 2.00 bits per heavy atom. The van der Waals surface area contributed by atoms with Crippen LogP contribution in [0.4, 0.5) is 5.13 Å². The van der Waals surface area contributed by atoms with Gasteiger partial charge >= 0.3 is 0 Å². The third kappa shape index (κ3) is 2.67. The Bertz CT molecular complexity index is 697. The Morgan fingerprint density at radius 1 is 1.33 bits per heavy atom. The first kappa shape index (κ1) is 12.5. The van der Waals surface area contributed by atoms with Gasteiger partial charge in [-0.15, -0.1) is 11.3 Å². The summed E-state index contributed by atoms with van der Waals surface area (Å²) in [5.41, 5.74) is 0.416. The molecular weight excluding hydrogens is 270 g/mol. The van der Waals surface area contributed by atoms with E-state index < -0.39 is 10.0 Å². The summed E-state index contributed by atoms with van der Waals surface area (Å²) in [6.07, 6.45) is 1.60. The van der Waals surface area contributed by atoms with Crippen LogP contribution in [0, 0.1) is 18.3 Å². The summed E-state index contributed by atoms with van der Waals surface area (Å²) in [6, 6.07) is 7.63. The lowest BCUT2D eigenvalue weighted by Crippen LogP contribution is -2.12. The molecule has 1 N–H and O–H groups in total. The summed E-state index contributed by atoms with van der Waals surface area (Å²) in [7, 11) is -3.64. The van der Waals surface area contributed by atoms with Gasteiger partial charge in [-0.05, 0) is 31.2 Å². The molecule has 0 amide bonds. The number of nitrogens with zero attached hydrogens (tertiary/aromatic N) is 2. The van der Waals surface area contributed by atoms with Gasteiger partial charge in [0.05, 0.1) is 16.5 Å². The minimum absolute atomic E-state index is 0.106. The molecule has 0 aliphatic carbocycles. The molecule has 0 atom stereocenters. The lowest BCUT2D eigenvalue weighted by molar-refractivity contribution is 0.601. The van der Waals surface area contributed by atoms with Gasteiger partial charge in [-0.1, -0.05) is 0 Å². The zero-order valence-electron chi connectivity index (χ0n) is 9.41. The summed E-state index contributed by atoms with van der Waals surface area (Å²) in [6.45, 7) is 1.84. The fourth-order valence-corrected chi connectivity index (χ4v) is 3.19.